The number of aliphatic hydroxyl groups excluding tert-OH is 1. The molecule has 5 rings (SSSR count). The molecule has 2 atom stereocenters. The van der Waals surface area contributed by atoms with Crippen molar-refractivity contribution in [1.82, 2.24) is 15.0 Å². The van der Waals surface area contributed by atoms with Crippen molar-refractivity contribution in [3.8, 4) is 11.5 Å². The van der Waals surface area contributed by atoms with Gasteiger partial charge < -0.3 is 25.2 Å². The van der Waals surface area contributed by atoms with Gasteiger partial charge in [0.1, 0.15) is 36.3 Å². The third-order valence-electron chi connectivity index (χ3n) is 5.67. The van der Waals surface area contributed by atoms with Crippen molar-refractivity contribution < 1.29 is 14.6 Å². The number of benzene rings is 2. The zero-order valence-corrected chi connectivity index (χ0v) is 19.7. The number of fused-ring (bicyclic) bond motifs is 1. The summed E-state index contributed by atoms with van der Waals surface area (Å²) in [5, 5.41) is 17.1. The van der Waals surface area contributed by atoms with E-state index in [1.165, 1.54) is 6.33 Å². The number of hydrogen-bond donors (Lipinski definition) is 3. The number of nitrogens with one attached hydrogen (secondary N) is 2. The van der Waals surface area contributed by atoms with Crippen molar-refractivity contribution >= 4 is 34.1 Å². The SMILES string of the molecule is Cc1ccc(Oc2ccc(Nc3ncnc4ccc(NC5=NC(C(C)O)CO5)cc34)cc2C)cn1. The predicted molar refractivity (Wildman–Crippen MR) is 136 cm³/mol. The van der Waals surface area contributed by atoms with Gasteiger partial charge in [0, 0.05) is 22.5 Å². The second kappa shape index (κ2) is 9.55. The number of amidine groups is 1. The van der Waals surface area contributed by atoms with Crippen LogP contribution in [0.15, 0.2) is 66.0 Å². The van der Waals surface area contributed by atoms with Crippen LogP contribution in [0.25, 0.3) is 10.9 Å². The van der Waals surface area contributed by atoms with Crippen LogP contribution in [0, 0.1) is 13.8 Å². The van der Waals surface area contributed by atoms with E-state index in [-0.39, 0.29) is 6.04 Å². The number of aromatic nitrogens is 3. The van der Waals surface area contributed by atoms with E-state index in [1.54, 1.807) is 13.1 Å². The van der Waals surface area contributed by atoms with Gasteiger partial charge in [-0.15, -0.1) is 0 Å². The van der Waals surface area contributed by atoms with E-state index in [4.69, 9.17) is 9.47 Å². The molecule has 2 unspecified atom stereocenters. The van der Waals surface area contributed by atoms with E-state index in [2.05, 4.69) is 30.6 Å². The van der Waals surface area contributed by atoms with Crippen LogP contribution >= 0.6 is 0 Å². The lowest BCUT2D eigenvalue weighted by molar-refractivity contribution is 0.145. The summed E-state index contributed by atoms with van der Waals surface area (Å²) in [6.45, 7) is 5.98. The number of ether oxygens (including phenoxy) is 2. The minimum Gasteiger partial charge on any atom is -0.463 e. The summed E-state index contributed by atoms with van der Waals surface area (Å²) in [4.78, 5) is 17.5. The Labute approximate surface area is 202 Å². The first-order valence-corrected chi connectivity index (χ1v) is 11.3. The molecule has 2 aromatic heterocycles. The quantitative estimate of drug-likeness (QED) is 0.371. The number of aryl methyl sites for hydroxylation is 2. The van der Waals surface area contributed by atoms with Crippen LogP contribution < -0.4 is 15.4 Å². The van der Waals surface area contributed by atoms with E-state index in [1.807, 2.05) is 62.4 Å². The minimum absolute atomic E-state index is 0.268. The Hall–Kier alpha value is -4.24. The van der Waals surface area contributed by atoms with E-state index in [0.29, 0.717) is 24.2 Å². The molecule has 9 heteroatoms. The van der Waals surface area contributed by atoms with Crippen molar-refractivity contribution in [2.24, 2.45) is 4.99 Å². The molecule has 0 aliphatic carbocycles. The minimum atomic E-state index is -0.566. The van der Waals surface area contributed by atoms with Crippen molar-refractivity contribution in [3.05, 3.63) is 72.3 Å². The molecular weight excluding hydrogens is 444 g/mol. The lowest BCUT2D eigenvalue weighted by Crippen LogP contribution is -2.21. The zero-order valence-electron chi connectivity index (χ0n) is 19.7. The van der Waals surface area contributed by atoms with Crippen LogP contribution in [-0.2, 0) is 4.74 Å². The van der Waals surface area contributed by atoms with Crippen LogP contribution in [0.4, 0.5) is 17.2 Å². The lowest BCUT2D eigenvalue weighted by atomic mass is 10.1. The Bertz CT molecular complexity index is 1390. The number of pyridine rings is 1. The van der Waals surface area contributed by atoms with E-state index < -0.39 is 6.10 Å². The summed E-state index contributed by atoms with van der Waals surface area (Å²) >= 11 is 0. The molecule has 1 aliphatic rings. The molecule has 0 saturated carbocycles. The highest BCUT2D eigenvalue weighted by atomic mass is 16.5. The summed E-state index contributed by atoms with van der Waals surface area (Å²) in [6, 6.07) is 15.5. The van der Waals surface area contributed by atoms with Gasteiger partial charge in [-0.3, -0.25) is 4.98 Å². The fourth-order valence-corrected chi connectivity index (χ4v) is 3.68. The second-order valence-electron chi connectivity index (χ2n) is 8.48. The van der Waals surface area contributed by atoms with Gasteiger partial charge in [0.05, 0.1) is 17.8 Å². The second-order valence-corrected chi connectivity index (χ2v) is 8.48. The smallest absolute Gasteiger partial charge is 0.289 e. The first kappa shape index (κ1) is 22.5. The molecule has 4 aromatic rings. The van der Waals surface area contributed by atoms with E-state index in [9.17, 15) is 5.11 Å². The lowest BCUT2D eigenvalue weighted by Gasteiger charge is -2.13. The maximum atomic E-state index is 9.72. The Kier molecular flexibility index (Phi) is 6.15. The Morgan fingerprint density at radius 1 is 1.00 bits per heavy atom. The number of hydrogen-bond acceptors (Lipinski definition) is 9. The van der Waals surface area contributed by atoms with Gasteiger partial charge in [0.25, 0.3) is 6.02 Å². The number of aliphatic imine (C=N–C) groups is 1. The molecule has 0 bridgehead atoms. The maximum Gasteiger partial charge on any atom is 0.289 e. The molecule has 3 N–H and O–H groups in total. The average Bonchev–Trinajstić information content (AvgIpc) is 3.31. The normalized spacial score (nSPS) is 15.9. The van der Waals surface area contributed by atoms with Gasteiger partial charge in [0.2, 0.25) is 0 Å². The highest BCUT2D eigenvalue weighted by Gasteiger charge is 2.23. The molecule has 2 aromatic carbocycles. The van der Waals surface area contributed by atoms with Crippen molar-refractivity contribution in [1.29, 1.82) is 0 Å². The number of aliphatic hydroxyl groups is 1. The Morgan fingerprint density at radius 2 is 1.83 bits per heavy atom. The third kappa shape index (κ3) is 5.15. The highest BCUT2D eigenvalue weighted by Crippen LogP contribution is 2.30. The van der Waals surface area contributed by atoms with E-state index in [0.717, 1.165) is 39.3 Å². The molecule has 0 fully saturated rings. The molecule has 35 heavy (non-hydrogen) atoms. The average molecular weight is 471 g/mol. The molecular formula is C26H26N6O3. The molecule has 3 heterocycles. The van der Waals surface area contributed by atoms with Gasteiger partial charge >= 0.3 is 0 Å². The van der Waals surface area contributed by atoms with Crippen molar-refractivity contribution in [2.45, 2.75) is 32.9 Å². The topological polar surface area (TPSA) is 114 Å². The first-order chi connectivity index (χ1) is 16.9. The van der Waals surface area contributed by atoms with Crippen molar-refractivity contribution in [3.63, 3.8) is 0 Å². The molecule has 178 valence electrons. The maximum absolute atomic E-state index is 9.72. The fourth-order valence-electron chi connectivity index (χ4n) is 3.68. The van der Waals surface area contributed by atoms with Crippen LogP contribution in [0.1, 0.15) is 18.2 Å². The van der Waals surface area contributed by atoms with Gasteiger partial charge in [-0.2, -0.15) is 0 Å². The zero-order chi connectivity index (χ0) is 24.4. The van der Waals surface area contributed by atoms with Crippen molar-refractivity contribution in [2.75, 3.05) is 17.2 Å². The van der Waals surface area contributed by atoms with Crippen LogP contribution in [0.2, 0.25) is 0 Å². The molecule has 0 spiro atoms. The monoisotopic (exact) mass is 470 g/mol. The standard InChI is InChI=1S/C26H26N6O3/c1-15-10-18(6-9-24(15)35-20-7-4-16(2)27-12-20)30-25-21-11-19(5-8-22(21)28-14-29-25)31-26-32-23(13-34-26)17(3)33/h4-12,14,17,23,33H,13H2,1-3H3,(H,31,32)(H,28,29,30). The molecule has 0 radical (unpaired) electrons. The summed E-state index contributed by atoms with van der Waals surface area (Å²) in [7, 11) is 0. The van der Waals surface area contributed by atoms with Crippen LogP contribution in [-0.4, -0.2) is 44.8 Å². The van der Waals surface area contributed by atoms with Crippen LogP contribution in [0.5, 0.6) is 11.5 Å². The number of nitrogens with zero attached hydrogens (tertiary/aromatic N) is 4. The van der Waals surface area contributed by atoms with Crippen LogP contribution in [0.3, 0.4) is 0 Å². The fraction of sp³-hybridized carbons (Fsp3) is 0.231. The molecule has 0 saturated heterocycles. The number of anilines is 3. The number of rotatable bonds is 6. The first-order valence-electron chi connectivity index (χ1n) is 11.3. The highest BCUT2D eigenvalue weighted by molar-refractivity contribution is 5.97. The molecule has 1 aliphatic heterocycles. The molecule has 9 nitrogen and oxygen atoms in total. The largest absolute Gasteiger partial charge is 0.463 e. The van der Waals surface area contributed by atoms with Gasteiger partial charge in [-0.1, -0.05) is 0 Å². The van der Waals surface area contributed by atoms with Gasteiger partial charge in [0.15, 0.2) is 0 Å². The Balaban J connectivity index is 1.36. The van der Waals surface area contributed by atoms with Gasteiger partial charge in [-0.05, 0) is 74.9 Å². The summed E-state index contributed by atoms with van der Waals surface area (Å²) in [5.41, 5.74) is 4.37. The summed E-state index contributed by atoms with van der Waals surface area (Å²) < 4.78 is 11.5. The predicted octanol–water partition coefficient (Wildman–Crippen LogP) is 4.73. The van der Waals surface area contributed by atoms with Gasteiger partial charge in [-0.25, -0.2) is 15.0 Å². The summed E-state index contributed by atoms with van der Waals surface area (Å²) in [6.07, 6.45) is 2.68. The third-order valence-corrected chi connectivity index (χ3v) is 5.67. The summed E-state index contributed by atoms with van der Waals surface area (Å²) in [5.74, 6) is 2.12. The van der Waals surface area contributed by atoms with E-state index >= 15 is 0 Å². The molecule has 0 amide bonds. The Morgan fingerprint density at radius 3 is 2.57 bits per heavy atom.